The first kappa shape index (κ1) is 16.0. The third kappa shape index (κ3) is 3.95. The summed E-state index contributed by atoms with van der Waals surface area (Å²) in [6.07, 6.45) is 4.05. The van der Waals surface area contributed by atoms with Gasteiger partial charge in [0, 0.05) is 19.0 Å². The first-order chi connectivity index (χ1) is 9.04. The smallest absolute Gasteiger partial charge is 0.310 e. The molecular formula is C15H27NO3. The number of hydrogen-bond donors (Lipinski definition) is 0. The number of likely N-dealkylation sites (tertiary alicyclic amines) is 1. The number of carbonyl (C=O) groups is 2. The normalized spacial score (nSPS) is 24.3. The maximum absolute atomic E-state index is 12.5. The van der Waals surface area contributed by atoms with Crippen molar-refractivity contribution in [3.63, 3.8) is 0 Å². The highest BCUT2D eigenvalue weighted by molar-refractivity contribution is 5.81. The van der Waals surface area contributed by atoms with Gasteiger partial charge < -0.3 is 9.64 Å². The van der Waals surface area contributed by atoms with Crippen LogP contribution in [0.15, 0.2) is 0 Å². The summed E-state index contributed by atoms with van der Waals surface area (Å²) in [6.45, 7) is 7.43. The fourth-order valence-corrected chi connectivity index (χ4v) is 2.82. The predicted molar refractivity (Wildman–Crippen MR) is 74.6 cm³/mol. The lowest BCUT2D eigenvalue weighted by Crippen LogP contribution is -2.35. The quantitative estimate of drug-likeness (QED) is 0.696. The van der Waals surface area contributed by atoms with Crippen LogP contribution in [0, 0.1) is 17.8 Å². The number of amides is 1. The monoisotopic (exact) mass is 269 g/mol. The van der Waals surface area contributed by atoms with Crippen LogP contribution >= 0.6 is 0 Å². The van der Waals surface area contributed by atoms with E-state index < -0.39 is 0 Å². The van der Waals surface area contributed by atoms with Gasteiger partial charge in [-0.1, -0.05) is 33.6 Å². The fraction of sp³-hybridized carbons (Fsp3) is 0.867. The SMILES string of the molecule is CCCCC(CC)C(=O)N1CC(C)C(C(=O)OC)C1. The Morgan fingerprint density at radius 2 is 2.00 bits per heavy atom. The van der Waals surface area contributed by atoms with Crippen molar-refractivity contribution < 1.29 is 14.3 Å². The van der Waals surface area contributed by atoms with Crippen molar-refractivity contribution in [2.45, 2.75) is 46.5 Å². The first-order valence-electron chi connectivity index (χ1n) is 7.41. The van der Waals surface area contributed by atoms with Gasteiger partial charge in [0.05, 0.1) is 13.0 Å². The Hall–Kier alpha value is -1.06. The van der Waals surface area contributed by atoms with Gasteiger partial charge in [0.1, 0.15) is 0 Å². The molecule has 3 unspecified atom stereocenters. The van der Waals surface area contributed by atoms with Gasteiger partial charge in [-0.3, -0.25) is 9.59 Å². The number of unbranched alkanes of at least 4 members (excludes halogenated alkanes) is 1. The lowest BCUT2D eigenvalue weighted by molar-refractivity contribution is -0.146. The molecule has 1 saturated heterocycles. The number of nitrogens with zero attached hydrogens (tertiary/aromatic N) is 1. The molecule has 0 aromatic rings. The van der Waals surface area contributed by atoms with Gasteiger partial charge in [-0.2, -0.15) is 0 Å². The van der Waals surface area contributed by atoms with Crippen molar-refractivity contribution in [2.75, 3.05) is 20.2 Å². The van der Waals surface area contributed by atoms with Crippen LogP contribution in [-0.4, -0.2) is 37.0 Å². The van der Waals surface area contributed by atoms with Crippen molar-refractivity contribution in [2.24, 2.45) is 17.8 Å². The summed E-state index contributed by atoms with van der Waals surface area (Å²) in [5.41, 5.74) is 0. The summed E-state index contributed by atoms with van der Waals surface area (Å²) >= 11 is 0. The highest BCUT2D eigenvalue weighted by Crippen LogP contribution is 2.27. The maximum atomic E-state index is 12.5. The fourth-order valence-electron chi connectivity index (χ4n) is 2.82. The Bertz CT molecular complexity index is 317. The van der Waals surface area contributed by atoms with Crippen LogP contribution < -0.4 is 0 Å². The molecule has 1 fully saturated rings. The van der Waals surface area contributed by atoms with Crippen LogP contribution in [0.1, 0.15) is 46.5 Å². The van der Waals surface area contributed by atoms with Crippen molar-refractivity contribution in [3.8, 4) is 0 Å². The van der Waals surface area contributed by atoms with E-state index in [0.29, 0.717) is 13.1 Å². The third-order valence-corrected chi connectivity index (χ3v) is 4.18. The summed E-state index contributed by atoms with van der Waals surface area (Å²) in [5, 5.41) is 0. The van der Waals surface area contributed by atoms with Crippen molar-refractivity contribution >= 4 is 11.9 Å². The van der Waals surface area contributed by atoms with E-state index in [-0.39, 0.29) is 29.6 Å². The molecule has 0 saturated carbocycles. The molecule has 1 aliphatic heterocycles. The number of hydrogen-bond acceptors (Lipinski definition) is 3. The molecule has 4 heteroatoms. The summed E-state index contributed by atoms with van der Waals surface area (Å²) in [4.78, 5) is 26.0. The maximum Gasteiger partial charge on any atom is 0.310 e. The molecular weight excluding hydrogens is 242 g/mol. The van der Waals surface area contributed by atoms with Gasteiger partial charge in [-0.15, -0.1) is 0 Å². The molecule has 1 rings (SSSR count). The Morgan fingerprint density at radius 1 is 1.32 bits per heavy atom. The Kier molecular flexibility index (Phi) is 6.32. The van der Waals surface area contributed by atoms with E-state index in [1.165, 1.54) is 7.11 Å². The van der Waals surface area contributed by atoms with Gasteiger partial charge in [0.25, 0.3) is 0 Å². The first-order valence-corrected chi connectivity index (χ1v) is 7.41. The van der Waals surface area contributed by atoms with E-state index in [4.69, 9.17) is 4.74 Å². The summed E-state index contributed by atoms with van der Waals surface area (Å²) in [6, 6.07) is 0. The highest BCUT2D eigenvalue weighted by Gasteiger charge is 2.38. The highest BCUT2D eigenvalue weighted by atomic mass is 16.5. The average molecular weight is 269 g/mol. The minimum absolute atomic E-state index is 0.114. The summed E-state index contributed by atoms with van der Waals surface area (Å²) in [5.74, 6) is 0.180. The zero-order valence-electron chi connectivity index (χ0n) is 12.6. The van der Waals surface area contributed by atoms with Crippen LogP contribution in [0.3, 0.4) is 0 Å². The van der Waals surface area contributed by atoms with Crippen LogP contribution in [0.25, 0.3) is 0 Å². The van der Waals surface area contributed by atoms with Crippen LogP contribution in [0.2, 0.25) is 0 Å². The molecule has 4 nitrogen and oxygen atoms in total. The van der Waals surface area contributed by atoms with E-state index in [1.54, 1.807) is 0 Å². The molecule has 1 aliphatic rings. The number of methoxy groups -OCH3 is 1. The molecule has 0 radical (unpaired) electrons. The molecule has 1 amide bonds. The number of rotatable bonds is 6. The molecule has 3 atom stereocenters. The second-order valence-electron chi connectivity index (χ2n) is 5.60. The van der Waals surface area contributed by atoms with Crippen molar-refractivity contribution in [3.05, 3.63) is 0 Å². The van der Waals surface area contributed by atoms with Crippen LogP contribution in [0.4, 0.5) is 0 Å². The standard InChI is InChI=1S/C15H27NO3/c1-5-7-8-12(6-2)14(17)16-9-11(3)13(10-16)15(18)19-4/h11-13H,5-10H2,1-4H3. The Balaban J connectivity index is 2.61. The molecule has 19 heavy (non-hydrogen) atoms. The molecule has 0 bridgehead atoms. The second-order valence-corrected chi connectivity index (χ2v) is 5.60. The summed E-state index contributed by atoms with van der Waals surface area (Å²) < 4.78 is 4.81. The van der Waals surface area contributed by atoms with Gasteiger partial charge in [0.2, 0.25) is 5.91 Å². The number of carbonyl (C=O) groups excluding carboxylic acids is 2. The molecule has 0 aromatic carbocycles. The van der Waals surface area contributed by atoms with E-state index in [9.17, 15) is 9.59 Å². The Labute approximate surface area is 116 Å². The minimum atomic E-state index is -0.190. The minimum Gasteiger partial charge on any atom is -0.469 e. The largest absolute Gasteiger partial charge is 0.469 e. The second kappa shape index (κ2) is 7.51. The molecule has 110 valence electrons. The van der Waals surface area contributed by atoms with Gasteiger partial charge in [0.15, 0.2) is 0 Å². The molecule has 0 N–H and O–H groups in total. The van der Waals surface area contributed by atoms with Gasteiger partial charge in [-0.25, -0.2) is 0 Å². The van der Waals surface area contributed by atoms with Crippen molar-refractivity contribution in [1.82, 2.24) is 4.90 Å². The lowest BCUT2D eigenvalue weighted by atomic mass is 9.98. The lowest BCUT2D eigenvalue weighted by Gasteiger charge is -2.22. The van der Waals surface area contributed by atoms with E-state index in [2.05, 4.69) is 13.8 Å². The van der Waals surface area contributed by atoms with Crippen LogP contribution in [0.5, 0.6) is 0 Å². The van der Waals surface area contributed by atoms with E-state index in [1.807, 2.05) is 11.8 Å². The van der Waals surface area contributed by atoms with Gasteiger partial charge >= 0.3 is 5.97 Å². The number of esters is 1. The summed E-state index contributed by atoms with van der Waals surface area (Å²) in [7, 11) is 1.41. The third-order valence-electron chi connectivity index (χ3n) is 4.18. The van der Waals surface area contributed by atoms with E-state index >= 15 is 0 Å². The molecule has 0 aliphatic carbocycles. The molecule has 0 aromatic heterocycles. The average Bonchev–Trinajstić information content (AvgIpc) is 2.80. The molecule has 1 heterocycles. The molecule has 0 spiro atoms. The number of ether oxygens (including phenoxy) is 1. The van der Waals surface area contributed by atoms with Crippen molar-refractivity contribution in [1.29, 1.82) is 0 Å². The topological polar surface area (TPSA) is 46.6 Å². The van der Waals surface area contributed by atoms with Crippen LogP contribution in [-0.2, 0) is 14.3 Å². The van der Waals surface area contributed by atoms with E-state index in [0.717, 1.165) is 25.7 Å². The zero-order chi connectivity index (χ0) is 14.4. The predicted octanol–water partition coefficient (Wildman–Crippen LogP) is 2.47. The Morgan fingerprint density at radius 3 is 2.53 bits per heavy atom. The van der Waals surface area contributed by atoms with Gasteiger partial charge in [-0.05, 0) is 18.8 Å². The zero-order valence-corrected chi connectivity index (χ0v) is 12.6.